The number of aliphatic carboxylic acids is 1. The quantitative estimate of drug-likeness (QED) is 0.649. The molecule has 1 unspecified atom stereocenters. The molecule has 0 aromatic carbocycles. The van der Waals surface area contributed by atoms with Crippen LogP contribution < -0.4 is 0 Å². The summed E-state index contributed by atoms with van der Waals surface area (Å²) in [4.78, 5) is 24.0. The number of amides is 1. The van der Waals surface area contributed by atoms with Crippen LogP contribution in [-0.2, 0) is 9.59 Å². The average Bonchev–Trinajstić information content (AvgIpc) is 2.44. The molecule has 1 fully saturated rings. The number of β-amino-alcohol motifs (C(OH)–C–C–N with tert-alkyl or cyclic N) is 1. The van der Waals surface area contributed by atoms with E-state index in [1.807, 2.05) is 0 Å². The molecule has 5 nitrogen and oxygen atoms in total. The minimum absolute atomic E-state index is 0.118. The van der Waals surface area contributed by atoms with E-state index < -0.39 is 23.5 Å². The molecule has 86 valence electrons. The molecule has 1 heterocycles. The fraction of sp³-hybridized carbons (Fsp3) is 0.800. The molecule has 1 amide bonds. The lowest BCUT2D eigenvalue weighted by Gasteiger charge is -2.28. The normalized spacial score (nSPS) is 26.8. The minimum atomic E-state index is -1.05. The highest BCUT2D eigenvalue weighted by molar-refractivity contribution is 5.87. The maximum absolute atomic E-state index is 11.9. The topological polar surface area (TPSA) is 77.8 Å². The number of likely N-dealkylation sites (tertiary alicyclic amines) is 1. The van der Waals surface area contributed by atoms with Gasteiger partial charge in [0.2, 0.25) is 5.91 Å². The van der Waals surface area contributed by atoms with Crippen LogP contribution in [0.15, 0.2) is 0 Å². The Labute approximate surface area is 88.7 Å². The molecule has 0 aromatic heterocycles. The average molecular weight is 215 g/mol. The summed E-state index contributed by atoms with van der Waals surface area (Å²) in [5, 5.41) is 18.3. The summed E-state index contributed by atoms with van der Waals surface area (Å²) in [6.45, 7) is 5.32. The van der Waals surface area contributed by atoms with Crippen LogP contribution in [0.1, 0.15) is 27.2 Å². The molecule has 0 radical (unpaired) electrons. The van der Waals surface area contributed by atoms with E-state index in [0.29, 0.717) is 0 Å². The lowest BCUT2D eigenvalue weighted by atomic mass is 9.94. The zero-order valence-corrected chi connectivity index (χ0v) is 9.23. The van der Waals surface area contributed by atoms with Gasteiger partial charge in [0.25, 0.3) is 0 Å². The summed E-state index contributed by atoms with van der Waals surface area (Å²) < 4.78 is 0. The van der Waals surface area contributed by atoms with Crippen molar-refractivity contribution in [2.75, 3.05) is 6.54 Å². The number of hydrogen-bond donors (Lipinski definition) is 2. The number of carboxylic acids is 1. The largest absolute Gasteiger partial charge is 0.480 e. The summed E-state index contributed by atoms with van der Waals surface area (Å²) in [5.74, 6) is -1.28. The molecule has 1 aliphatic heterocycles. The lowest BCUT2D eigenvalue weighted by Crippen LogP contribution is -2.45. The van der Waals surface area contributed by atoms with Crippen molar-refractivity contribution < 1.29 is 19.8 Å². The van der Waals surface area contributed by atoms with Gasteiger partial charge in [0, 0.05) is 18.4 Å². The van der Waals surface area contributed by atoms with Crippen molar-refractivity contribution in [3.05, 3.63) is 0 Å². The first kappa shape index (κ1) is 12.0. The summed E-state index contributed by atoms with van der Waals surface area (Å²) in [6.07, 6.45) is -0.602. The van der Waals surface area contributed by atoms with Crippen LogP contribution in [0, 0.1) is 5.41 Å². The van der Waals surface area contributed by atoms with E-state index in [9.17, 15) is 14.7 Å². The van der Waals surface area contributed by atoms with Gasteiger partial charge in [0.15, 0.2) is 0 Å². The number of carbonyl (C=O) groups is 2. The van der Waals surface area contributed by atoms with Crippen LogP contribution in [0.5, 0.6) is 0 Å². The predicted octanol–water partition coefficient (Wildman–Crippen LogP) is 0.0789. The Morgan fingerprint density at radius 1 is 1.33 bits per heavy atom. The Balaban J connectivity index is 2.85. The van der Waals surface area contributed by atoms with E-state index in [2.05, 4.69) is 0 Å². The van der Waals surface area contributed by atoms with E-state index >= 15 is 0 Å². The molecule has 5 heteroatoms. The van der Waals surface area contributed by atoms with E-state index in [4.69, 9.17) is 5.11 Å². The van der Waals surface area contributed by atoms with Gasteiger partial charge in [-0.05, 0) is 0 Å². The third-order valence-corrected chi connectivity index (χ3v) is 2.47. The van der Waals surface area contributed by atoms with E-state index in [1.165, 1.54) is 4.90 Å². The Bertz CT molecular complexity index is 282. The van der Waals surface area contributed by atoms with Crippen molar-refractivity contribution in [1.29, 1.82) is 0 Å². The minimum Gasteiger partial charge on any atom is -0.480 e. The molecule has 1 aliphatic rings. The van der Waals surface area contributed by atoms with Crippen LogP contribution in [0.2, 0.25) is 0 Å². The number of rotatable bonds is 1. The second kappa shape index (κ2) is 3.81. The Morgan fingerprint density at radius 3 is 2.27 bits per heavy atom. The van der Waals surface area contributed by atoms with Crippen molar-refractivity contribution in [2.24, 2.45) is 5.41 Å². The molecule has 0 bridgehead atoms. The maximum Gasteiger partial charge on any atom is 0.326 e. The Morgan fingerprint density at radius 2 is 1.87 bits per heavy atom. The van der Waals surface area contributed by atoms with Gasteiger partial charge in [0.1, 0.15) is 6.04 Å². The van der Waals surface area contributed by atoms with Gasteiger partial charge in [-0.2, -0.15) is 0 Å². The van der Waals surface area contributed by atoms with Crippen LogP contribution in [-0.4, -0.2) is 45.7 Å². The first-order chi connectivity index (χ1) is 6.73. The molecule has 2 atom stereocenters. The van der Waals surface area contributed by atoms with Crippen LogP contribution >= 0.6 is 0 Å². The third kappa shape index (κ3) is 2.47. The number of carbonyl (C=O) groups excluding carboxylic acids is 1. The number of nitrogens with zero attached hydrogens (tertiary/aromatic N) is 1. The Hall–Kier alpha value is -1.10. The van der Waals surface area contributed by atoms with E-state index in [-0.39, 0.29) is 18.9 Å². The van der Waals surface area contributed by atoms with Crippen molar-refractivity contribution in [2.45, 2.75) is 39.3 Å². The van der Waals surface area contributed by atoms with Gasteiger partial charge in [0.05, 0.1) is 6.10 Å². The van der Waals surface area contributed by atoms with Crippen molar-refractivity contribution in [3.63, 3.8) is 0 Å². The molecule has 1 rings (SSSR count). The standard InChI is InChI=1S/C10H17NO4/c1-10(2,3)9(15)11-5-6(12)4-7(11)8(13)14/h6-7,12H,4-5H2,1-3H3,(H,13,14)/t6?,7-/m1/s1. The van der Waals surface area contributed by atoms with Crippen LogP contribution in [0.25, 0.3) is 0 Å². The van der Waals surface area contributed by atoms with Gasteiger partial charge in [-0.3, -0.25) is 4.79 Å². The van der Waals surface area contributed by atoms with Gasteiger partial charge in [-0.25, -0.2) is 4.79 Å². The van der Waals surface area contributed by atoms with Crippen LogP contribution in [0.4, 0.5) is 0 Å². The van der Waals surface area contributed by atoms with Crippen LogP contribution in [0.3, 0.4) is 0 Å². The van der Waals surface area contributed by atoms with E-state index in [0.717, 1.165) is 0 Å². The van der Waals surface area contributed by atoms with Gasteiger partial charge < -0.3 is 15.1 Å². The number of aliphatic hydroxyl groups excluding tert-OH is 1. The summed E-state index contributed by atoms with van der Waals surface area (Å²) in [5.41, 5.74) is -0.613. The number of carboxylic acid groups (broad SMARTS) is 1. The number of hydrogen-bond acceptors (Lipinski definition) is 3. The van der Waals surface area contributed by atoms with Crippen molar-refractivity contribution in [3.8, 4) is 0 Å². The molecule has 15 heavy (non-hydrogen) atoms. The highest BCUT2D eigenvalue weighted by Gasteiger charge is 2.42. The van der Waals surface area contributed by atoms with E-state index in [1.54, 1.807) is 20.8 Å². The fourth-order valence-corrected chi connectivity index (χ4v) is 1.70. The summed E-state index contributed by atoms with van der Waals surface area (Å²) >= 11 is 0. The molecular formula is C10H17NO4. The second-order valence-electron chi connectivity index (χ2n) is 4.95. The molecule has 0 saturated carbocycles. The van der Waals surface area contributed by atoms with Crippen molar-refractivity contribution in [1.82, 2.24) is 4.90 Å². The van der Waals surface area contributed by atoms with Crippen molar-refractivity contribution >= 4 is 11.9 Å². The maximum atomic E-state index is 11.9. The zero-order chi connectivity index (χ0) is 11.8. The predicted molar refractivity (Wildman–Crippen MR) is 53.2 cm³/mol. The molecular weight excluding hydrogens is 198 g/mol. The van der Waals surface area contributed by atoms with Gasteiger partial charge in [-0.15, -0.1) is 0 Å². The summed E-state index contributed by atoms with van der Waals surface area (Å²) in [6, 6.07) is -0.883. The highest BCUT2D eigenvalue weighted by Crippen LogP contribution is 2.25. The smallest absolute Gasteiger partial charge is 0.326 e. The monoisotopic (exact) mass is 215 g/mol. The molecule has 0 aliphatic carbocycles. The fourth-order valence-electron chi connectivity index (χ4n) is 1.70. The SMILES string of the molecule is CC(C)(C)C(=O)N1CC(O)C[C@@H]1C(=O)O. The molecule has 2 N–H and O–H groups in total. The highest BCUT2D eigenvalue weighted by atomic mass is 16.4. The zero-order valence-electron chi connectivity index (χ0n) is 9.23. The molecule has 0 spiro atoms. The lowest BCUT2D eigenvalue weighted by molar-refractivity contribution is -0.151. The summed E-state index contributed by atoms with van der Waals surface area (Å²) in [7, 11) is 0. The molecule has 1 saturated heterocycles. The number of aliphatic hydroxyl groups is 1. The second-order valence-corrected chi connectivity index (χ2v) is 4.95. The first-order valence-corrected chi connectivity index (χ1v) is 4.95. The first-order valence-electron chi connectivity index (χ1n) is 4.95. The molecule has 0 aromatic rings. The van der Waals surface area contributed by atoms with Gasteiger partial charge >= 0.3 is 5.97 Å². The van der Waals surface area contributed by atoms with Gasteiger partial charge in [-0.1, -0.05) is 20.8 Å². The Kier molecular flexibility index (Phi) is 3.04. The third-order valence-electron chi connectivity index (χ3n) is 2.47.